The lowest BCUT2D eigenvalue weighted by molar-refractivity contribution is -0.481. The Labute approximate surface area is 183 Å². The summed E-state index contributed by atoms with van der Waals surface area (Å²) in [6, 6.07) is 22.3. The molecule has 0 spiro atoms. The van der Waals surface area contributed by atoms with Crippen LogP contribution in [-0.4, -0.2) is 16.5 Å². The topological polar surface area (TPSA) is 91.9 Å². The van der Waals surface area contributed by atoms with E-state index in [1.807, 2.05) is 42.6 Å². The molecular formula is C24H18ClN3O3. The van der Waals surface area contributed by atoms with E-state index in [1.165, 1.54) is 0 Å². The maximum atomic E-state index is 11.4. The van der Waals surface area contributed by atoms with Gasteiger partial charge in [0.15, 0.2) is 0 Å². The molecule has 0 aliphatic rings. The van der Waals surface area contributed by atoms with Crippen molar-refractivity contribution in [3.8, 4) is 11.8 Å². The van der Waals surface area contributed by atoms with Crippen LogP contribution in [-0.2, 0) is 6.61 Å². The smallest absolute Gasteiger partial charge is 0.214 e. The van der Waals surface area contributed by atoms with E-state index in [0.717, 1.165) is 27.6 Å². The second-order valence-corrected chi connectivity index (χ2v) is 7.51. The number of H-pyrrole nitrogens is 1. The minimum absolute atomic E-state index is 0.198. The van der Waals surface area contributed by atoms with Gasteiger partial charge in [-0.1, -0.05) is 54.1 Å². The zero-order valence-corrected chi connectivity index (χ0v) is 17.2. The van der Waals surface area contributed by atoms with Crippen LogP contribution in [0.4, 0.5) is 0 Å². The first-order valence-electron chi connectivity index (χ1n) is 9.65. The number of ether oxygens (including phenoxy) is 1. The van der Waals surface area contributed by atoms with Crippen LogP contribution in [0.25, 0.3) is 10.9 Å². The number of nitriles is 1. The van der Waals surface area contributed by atoms with Crippen molar-refractivity contribution in [3.63, 3.8) is 0 Å². The van der Waals surface area contributed by atoms with Gasteiger partial charge in [0.25, 0.3) is 0 Å². The van der Waals surface area contributed by atoms with Gasteiger partial charge in [0.1, 0.15) is 12.4 Å². The van der Waals surface area contributed by atoms with Gasteiger partial charge in [-0.25, -0.2) is 0 Å². The number of aromatic amines is 1. The van der Waals surface area contributed by atoms with Crippen molar-refractivity contribution in [2.75, 3.05) is 6.54 Å². The predicted octanol–water partition coefficient (Wildman–Crippen LogP) is 5.68. The molecule has 0 radical (unpaired) electrons. The molecule has 4 aromatic rings. The lowest BCUT2D eigenvalue weighted by Gasteiger charge is -2.15. The van der Waals surface area contributed by atoms with E-state index < -0.39 is 5.92 Å². The molecule has 0 aliphatic heterocycles. The first kappa shape index (κ1) is 20.5. The molecule has 6 nitrogen and oxygen atoms in total. The zero-order chi connectivity index (χ0) is 21.8. The average Bonchev–Trinajstić information content (AvgIpc) is 3.20. The molecule has 154 valence electrons. The van der Waals surface area contributed by atoms with Gasteiger partial charge in [-0.2, -0.15) is 5.26 Å². The van der Waals surface area contributed by atoms with Gasteiger partial charge < -0.3 is 9.72 Å². The Kier molecular flexibility index (Phi) is 5.87. The van der Waals surface area contributed by atoms with Crippen molar-refractivity contribution in [2.45, 2.75) is 12.5 Å². The molecule has 7 heteroatoms. The standard InChI is InChI=1S/C24H18ClN3O3/c25-22-11-16(9-10-24(22)31-15-18-6-2-1-5-17(18)12-26)21(14-28(29)30)20-13-27-23-8-4-3-7-19(20)23/h1-11,13,21,27H,14-15H2/t21-/m0/s1. The number of nitro groups is 1. The molecule has 0 unspecified atom stereocenters. The van der Waals surface area contributed by atoms with Crippen molar-refractivity contribution in [3.05, 3.63) is 110 Å². The normalized spacial score (nSPS) is 11.7. The van der Waals surface area contributed by atoms with Crippen molar-refractivity contribution in [1.29, 1.82) is 5.26 Å². The number of hydrogen-bond acceptors (Lipinski definition) is 4. The fourth-order valence-electron chi connectivity index (χ4n) is 3.68. The number of para-hydroxylation sites is 1. The van der Waals surface area contributed by atoms with E-state index >= 15 is 0 Å². The van der Waals surface area contributed by atoms with E-state index in [4.69, 9.17) is 16.3 Å². The molecule has 31 heavy (non-hydrogen) atoms. The highest BCUT2D eigenvalue weighted by molar-refractivity contribution is 6.32. The Morgan fingerprint density at radius 3 is 2.68 bits per heavy atom. The number of hydrogen-bond donors (Lipinski definition) is 1. The summed E-state index contributed by atoms with van der Waals surface area (Å²) in [6.45, 7) is -0.0580. The predicted molar refractivity (Wildman–Crippen MR) is 119 cm³/mol. The van der Waals surface area contributed by atoms with E-state index in [2.05, 4.69) is 11.1 Å². The monoisotopic (exact) mass is 431 g/mol. The molecule has 0 amide bonds. The van der Waals surface area contributed by atoms with Crippen LogP contribution in [0.3, 0.4) is 0 Å². The van der Waals surface area contributed by atoms with E-state index in [-0.39, 0.29) is 18.1 Å². The highest BCUT2D eigenvalue weighted by Gasteiger charge is 2.24. The van der Waals surface area contributed by atoms with Gasteiger partial charge >= 0.3 is 0 Å². The third kappa shape index (κ3) is 4.37. The third-order valence-electron chi connectivity index (χ3n) is 5.21. The first-order chi connectivity index (χ1) is 15.1. The molecular weight excluding hydrogens is 414 g/mol. The molecule has 0 aliphatic carbocycles. The summed E-state index contributed by atoms with van der Waals surface area (Å²) in [5.74, 6) is -0.00560. The molecule has 0 bridgehead atoms. The zero-order valence-electron chi connectivity index (χ0n) is 16.4. The summed E-state index contributed by atoms with van der Waals surface area (Å²) < 4.78 is 5.82. The number of halogens is 1. The van der Waals surface area contributed by atoms with E-state index in [0.29, 0.717) is 16.3 Å². The molecule has 1 heterocycles. The number of benzene rings is 3. The van der Waals surface area contributed by atoms with Gasteiger partial charge in [-0.3, -0.25) is 10.1 Å². The minimum atomic E-state index is -0.461. The molecule has 0 saturated carbocycles. The van der Waals surface area contributed by atoms with Gasteiger partial charge in [0, 0.05) is 27.6 Å². The molecule has 3 aromatic carbocycles. The summed E-state index contributed by atoms with van der Waals surface area (Å²) in [4.78, 5) is 14.3. The number of fused-ring (bicyclic) bond motifs is 1. The lowest BCUT2D eigenvalue weighted by Crippen LogP contribution is -2.14. The van der Waals surface area contributed by atoms with Crippen molar-refractivity contribution < 1.29 is 9.66 Å². The van der Waals surface area contributed by atoms with Crippen molar-refractivity contribution >= 4 is 22.5 Å². The Morgan fingerprint density at radius 2 is 1.90 bits per heavy atom. The molecule has 0 saturated heterocycles. The number of nitrogens with one attached hydrogen (secondary N) is 1. The number of rotatable bonds is 7. The Balaban J connectivity index is 1.62. The van der Waals surface area contributed by atoms with Crippen LogP contribution in [0.2, 0.25) is 5.02 Å². The average molecular weight is 432 g/mol. The molecule has 0 fully saturated rings. The maximum Gasteiger partial charge on any atom is 0.214 e. The van der Waals surface area contributed by atoms with Crippen molar-refractivity contribution in [1.82, 2.24) is 4.98 Å². The van der Waals surface area contributed by atoms with E-state index in [1.54, 1.807) is 30.3 Å². The van der Waals surface area contributed by atoms with Crippen LogP contribution in [0.1, 0.15) is 28.2 Å². The van der Waals surface area contributed by atoms with Crippen molar-refractivity contribution in [2.24, 2.45) is 0 Å². The highest BCUT2D eigenvalue weighted by Crippen LogP contribution is 2.35. The summed E-state index contributed by atoms with van der Waals surface area (Å²) in [5, 5.41) is 21.9. The number of aromatic nitrogens is 1. The van der Waals surface area contributed by atoms with Gasteiger partial charge in [0.2, 0.25) is 6.54 Å². The quantitative estimate of drug-likeness (QED) is 0.301. The highest BCUT2D eigenvalue weighted by atomic mass is 35.5. The fourth-order valence-corrected chi connectivity index (χ4v) is 3.92. The Hall–Kier alpha value is -3.82. The van der Waals surface area contributed by atoms with Crippen LogP contribution < -0.4 is 4.74 Å². The van der Waals surface area contributed by atoms with Crippen LogP contribution in [0, 0.1) is 21.4 Å². The lowest BCUT2D eigenvalue weighted by atomic mass is 9.91. The summed E-state index contributed by atoms with van der Waals surface area (Å²) in [5.41, 5.74) is 3.81. The van der Waals surface area contributed by atoms with Crippen LogP contribution in [0.5, 0.6) is 5.75 Å². The molecule has 4 rings (SSSR count). The SMILES string of the molecule is N#Cc1ccccc1COc1ccc([C@H](C[N+](=O)[O-])c2c[nH]c3ccccc23)cc1Cl. The van der Waals surface area contributed by atoms with Gasteiger partial charge in [-0.05, 0) is 35.4 Å². The maximum absolute atomic E-state index is 11.4. The molecule has 1 N–H and O–H groups in total. The second kappa shape index (κ2) is 8.90. The first-order valence-corrected chi connectivity index (χ1v) is 10.0. The minimum Gasteiger partial charge on any atom is -0.487 e. The number of nitrogens with zero attached hydrogens (tertiary/aromatic N) is 2. The third-order valence-corrected chi connectivity index (χ3v) is 5.50. The molecule has 1 atom stereocenters. The second-order valence-electron chi connectivity index (χ2n) is 7.10. The van der Waals surface area contributed by atoms with Gasteiger partial charge in [0.05, 0.1) is 22.6 Å². The Morgan fingerprint density at radius 1 is 1.13 bits per heavy atom. The largest absolute Gasteiger partial charge is 0.487 e. The molecule has 1 aromatic heterocycles. The fraction of sp³-hybridized carbons (Fsp3) is 0.125. The van der Waals surface area contributed by atoms with Crippen LogP contribution in [0.15, 0.2) is 72.9 Å². The van der Waals surface area contributed by atoms with Crippen LogP contribution >= 0.6 is 11.6 Å². The van der Waals surface area contributed by atoms with E-state index in [9.17, 15) is 15.4 Å². The summed E-state index contributed by atoms with van der Waals surface area (Å²) in [7, 11) is 0. The Bertz CT molecular complexity index is 1290. The summed E-state index contributed by atoms with van der Waals surface area (Å²) in [6.07, 6.45) is 1.82. The summed E-state index contributed by atoms with van der Waals surface area (Å²) >= 11 is 6.46. The van der Waals surface area contributed by atoms with Gasteiger partial charge in [-0.15, -0.1) is 0 Å².